The zero-order chi connectivity index (χ0) is 27.9. The maximum atomic E-state index is 12.8. The first-order valence-corrected chi connectivity index (χ1v) is 14.3. The number of methoxy groups -OCH3 is 1. The van der Waals surface area contributed by atoms with Gasteiger partial charge in [-0.2, -0.15) is 5.10 Å². The Morgan fingerprint density at radius 2 is 1.88 bits per heavy atom. The Hall–Kier alpha value is -3.63. The predicted octanol–water partition coefficient (Wildman–Crippen LogP) is 4.03. The van der Waals surface area contributed by atoms with Gasteiger partial charge in [0.15, 0.2) is 17.7 Å². The lowest BCUT2D eigenvalue weighted by Crippen LogP contribution is -2.51. The molecule has 3 aliphatic rings. The zero-order valence-electron chi connectivity index (χ0n) is 23.4. The van der Waals surface area contributed by atoms with Crippen LogP contribution in [-0.4, -0.2) is 68.3 Å². The van der Waals surface area contributed by atoms with Crippen LogP contribution in [0, 0.1) is 0 Å². The van der Waals surface area contributed by atoms with Crippen molar-refractivity contribution >= 4 is 23.4 Å². The van der Waals surface area contributed by atoms with Crippen LogP contribution < -0.4 is 25.0 Å². The van der Waals surface area contributed by atoms with Gasteiger partial charge in [-0.1, -0.05) is 12.1 Å². The van der Waals surface area contributed by atoms with Gasteiger partial charge < -0.3 is 19.5 Å². The molecule has 2 heterocycles. The molecule has 1 saturated carbocycles. The largest absolute Gasteiger partial charge is 0.493 e. The van der Waals surface area contributed by atoms with Gasteiger partial charge in [0.25, 0.3) is 0 Å². The van der Waals surface area contributed by atoms with E-state index in [2.05, 4.69) is 10.6 Å². The topological polar surface area (TPSA) is 105 Å². The summed E-state index contributed by atoms with van der Waals surface area (Å²) in [6.45, 7) is 4.93. The summed E-state index contributed by atoms with van der Waals surface area (Å²) in [5, 5.41) is 12.7. The molecule has 1 unspecified atom stereocenters. The Kier molecular flexibility index (Phi) is 9.18. The van der Waals surface area contributed by atoms with E-state index in [9.17, 15) is 9.59 Å². The Morgan fingerprint density at radius 1 is 1.07 bits per heavy atom. The molecular weight excluding hydrogens is 510 g/mol. The molecule has 5 rings (SSSR count). The third kappa shape index (κ3) is 6.74. The number of anilines is 1. The number of carbonyl (C=O) groups excluding carboxylic acids is 2. The summed E-state index contributed by atoms with van der Waals surface area (Å²) in [4.78, 5) is 27.1. The Balaban J connectivity index is 1.26. The van der Waals surface area contributed by atoms with Crippen molar-refractivity contribution in [2.45, 2.75) is 64.3 Å². The van der Waals surface area contributed by atoms with Crippen LogP contribution in [0.4, 0.5) is 10.5 Å². The minimum absolute atomic E-state index is 0.0175. The van der Waals surface area contributed by atoms with E-state index >= 15 is 0 Å². The fourth-order valence-corrected chi connectivity index (χ4v) is 5.33. The SMILES string of the molecule is CCN(C(=O)OC1CNCCN1)c1ccc(CN2N=C(c3ccc(OC)c(OC4CCCC4)c3)CCC2=O)cc1. The molecule has 214 valence electrons. The number of rotatable bonds is 9. The van der Waals surface area contributed by atoms with E-state index in [1.807, 2.05) is 49.4 Å². The quantitative estimate of drug-likeness (QED) is 0.487. The first kappa shape index (κ1) is 27.9. The number of benzene rings is 2. The van der Waals surface area contributed by atoms with Crippen molar-refractivity contribution in [3.05, 3.63) is 53.6 Å². The van der Waals surface area contributed by atoms with Crippen molar-refractivity contribution in [2.75, 3.05) is 38.2 Å². The molecule has 2 aromatic carbocycles. The third-order valence-electron chi connectivity index (χ3n) is 7.56. The average molecular weight is 550 g/mol. The minimum atomic E-state index is -0.396. The summed E-state index contributed by atoms with van der Waals surface area (Å²) in [5.74, 6) is 1.41. The van der Waals surface area contributed by atoms with Crippen molar-refractivity contribution in [1.29, 1.82) is 0 Å². The fraction of sp³-hybridized carbons (Fsp3) is 0.500. The average Bonchev–Trinajstić information content (AvgIpc) is 3.49. The Morgan fingerprint density at radius 3 is 2.58 bits per heavy atom. The van der Waals surface area contributed by atoms with E-state index in [1.165, 1.54) is 17.9 Å². The fourth-order valence-electron chi connectivity index (χ4n) is 5.33. The Bertz CT molecular complexity index is 1210. The molecule has 2 aliphatic heterocycles. The van der Waals surface area contributed by atoms with Crippen molar-refractivity contribution in [2.24, 2.45) is 5.10 Å². The second kappa shape index (κ2) is 13.1. The minimum Gasteiger partial charge on any atom is -0.493 e. The van der Waals surface area contributed by atoms with Crippen LogP contribution in [-0.2, 0) is 16.1 Å². The van der Waals surface area contributed by atoms with Crippen LogP contribution >= 0.6 is 0 Å². The molecule has 1 atom stereocenters. The monoisotopic (exact) mass is 549 g/mol. The van der Waals surface area contributed by atoms with Gasteiger partial charge >= 0.3 is 6.09 Å². The number of hydrazone groups is 1. The first-order valence-electron chi connectivity index (χ1n) is 14.3. The highest BCUT2D eigenvalue weighted by Gasteiger charge is 2.25. The molecule has 2 amide bonds. The van der Waals surface area contributed by atoms with Crippen LogP contribution in [0.1, 0.15) is 56.6 Å². The van der Waals surface area contributed by atoms with E-state index < -0.39 is 6.09 Å². The molecule has 2 N–H and O–H groups in total. The van der Waals surface area contributed by atoms with Crippen LogP contribution in [0.25, 0.3) is 0 Å². The van der Waals surface area contributed by atoms with Crippen molar-refractivity contribution in [1.82, 2.24) is 15.6 Å². The lowest BCUT2D eigenvalue weighted by atomic mass is 10.0. The van der Waals surface area contributed by atoms with Gasteiger partial charge in [0, 0.05) is 50.3 Å². The van der Waals surface area contributed by atoms with Crippen molar-refractivity contribution < 1.29 is 23.8 Å². The number of amides is 2. The van der Waals surface area contributed by atoms with Crippen molar-refractivity contribution in [3.8, 4) is 11.5 Å². The van der Waals surface area contributed by atoms with Gasteiger partial charge in [-0.15, -0.1) is 0 Å². The van der Waals surface area contributed by atoms with Gasteiger partial charge in [-0.3, -0.25) is 15.0 Å². The molecule has 40 heavy (non-hydrogen) atoms. The summed E-state index contributed by atoms with van der Waals surface area (Å²) in [6.07, 6.45) is 4.93. The van der Waals surface area contributed by atoms with Crippen LogP contribution in [0.5, 0.6) is 11.5 Å². The molecule has 0 radical (unpaired) electrons. The summed E-state index contributed by atoms with van der Waals surface area (Å²) >= 11 is 0. The molecule has 1 aliphatic carbocycles. The van der Waals surface area contributed by atoms with Gasteiger partial charge in [-0.05, 0) is 68.5 Å². The second-order valence-corrected chi connectivity index (χ2v) is 10.3. The molecule has 0 aromatic heterocycles. The van der Waals surface area contributed by atoms with Gasteiger partial charge in [0.2, 0.25) is 5.91 Å². The highest BCUT2D eigenvalue weighted by Crippen LogP contribution is 2.33. The highest BCUT2D eigenvalue weighted by atomic mass is 16.6. The summed E-state index contributed by atoms with van der Waals surface area (Å²) < 4.78 is 17.4. The number of nitrogens with zero attached hydrogens (tertiary/aromatic N) is 3. The highest BCUT2D eigenvalue weighted by molar-refractivity contribution is 6.04. The number of carbonyl (C=O) groups is 2. The molecule has 2 aromatic rings. The Labute approximate surface area is 235 Å². The van der Waals surface area contributed by atoms with E-state index in [0.29, 0.717) is 38.2 Å². The predicted molar refractivity (Wildman–Crippen MR) is 153 cm³/mol. The van der Waals surface area contributed by atoms with Crippen LogP contribution in [0.2, 0.25) is 0 Å². The maximum Gasteiger partial charge on any atom is 0.415 e. The number of ether oxygens (including phenoxy) is 3. The van der Waals surface area contributed by atoms with E-state index in [-0.39, 0.29) is 18.2 Å². The lowest BCUT2D eigenvalue weighted by molar-refractivity contribution is -0.132. The van der Waals surface area contributed by atoms with Gasteiger partial charge in [-0.25, -0.2) is 9.80 Å². The number of piperazine rings is 1. The zero-order valence-corrected chi connectivity index (χ0v) is 23.4. The van der Waals surface area contributed by atoms with Crippen molar-refractivity contribution in [3.63, 3.8) is 0 Å². The standard InChI is InChI=1S/C30H39N5O5/c1-3-34(30(37)40-28-19-31-16-17-32-28)23-11-8-21(9-12-23)20-35-29(36)15-13-25(33-35)22-10-14-26(38-2)27(18-22)39-24-6-4-5-7-24/h8-12,14,18,24,28,31-32H,3-7,13,15-17,19-20H2,1-2H3. The molecule has 10 heteroatoms. The molecule has 2 fully saturated rings. The van der Waals surface area contributed by atoms with E-state index in [4.69, 9.17) is 19.3 Å². The summed E-state index contributed by atoms with van der Waals surface area (Å²) in [7, 11) is 1.65. The first-order chi connectivity index (χ1) is 19.5. The maximum absolute atomic E-state index is 12.8. The molecule has 0 spiro atoms. The van der Waals surface area contributed by atoms with Gasteiger partial charge in [0.1, 0.15) is 0 Å². The van der Waals surface area contributed by atoms with Crippen LogP contribution in [0.15, 0.2) is 47.6 Å². The van der Waals surface area contributed by atoms with E-state index in [0.717, 1.165) is 54.2 Å². The number of hydrogen-bond acceptors (Lipinski definition) is 8. The third-order valence-corrected chi connectivity index (χ3v) is 7.56. The summed E-state index contributed by atoms with van der Waals surface area (Å²) in [5.41, 5.74) is 3.44. The second-order valence-electron chi connectivity index (χ2n) is 10.3. The number of hydrogen-bond donors (Lipinski definition) is 2. The molecular formula is C30H39N5O5. The normalized spacial score (nSPS) is 19.8. The molecule has 1 saturated heterocycles. The number of nitrogens with one attached hydrogen (secondary N) is 2. The van der Waals surface area contributed by atoms with Crippen LogP contribution in [0.3, 0.4) is 0 Å². The summed E-state index contributed by atoms with van der Waals surface area (Å²) in [6, 6.07) is 13.5. The smallest absolute Gasteiger partial charge is 0.415 e. The molecule has 0 bridgehead atoms. The lowest BCUT2D eigenvalue weighted by Gasteiger charge is -2.28. The molecule has 10 nitrogen and oxygen atoms in total. The van der Waals surface area contributed by atoms with E-state index in [1.54, 1.807) is 12.0 Å². The van der Waals surface area contributed by atoms with Gasteiger partial charge in [0.05, 0.1) is 25.5 Å².